The Labute approximate surface area is 378 Å². The number of hydrogen-bond acceptors (Lipinski definition) is 4. The van der Waals surface area contributed by atoms with Gasteiger partial charge in [0.05, 0.1) is 11.4 Å². The van der Waals surface area contributed by atoms with E-state index in [1.54, 1.807) is 0 Å². The maximum atomic E-state index is 7.03. The van der Waals surface area contributed by atoms with E-state index in [9.17, 15) is 0 Å². The van der Waals surface area contributed by atoms with Crippen molar-refractivity contribution in [1.29, 1.82) is 0 Å². The summed E-state index contributed by atoms with van der Waals surface area (Å²) in [5.74, 6) is 0.600. The highest BCUT2D eigenvalue weighted by Crippen LogP contribution is 2.47. The third-order valence-electron chi connectivity index (χ3n) is 13.4. The number of hydrogen-bond donors (Lipinski definition) is 0. The molecule has 0 atom stereocenters. The molecule has 0 spiro atoms. The Balaban J connectivity index is 1.12. The largest absolute Gasteiger partial charge is 0.455 e. The lowest BCUT2D eigenvalue weighted by molar-refractivity contribution is 0.670. The quantitative estimate of drug-likeness (QED) is 0.173. The van der Waals surface area contributed by atoms with Crippen molar-refractivity contribution < 1.29 is 8.83 Å². The van der Waals surface area contributed by atoms with Crippen LogP contribution in [0.25, 0.3) is 143 Å². The third kappa shape index (κ3) is 5.65. The summed E-state index contributed by atoms with van der Waals surface area (Å²) >= 11 is 0. The standard InChI is InChI=1S/C62H36N2O2/c1-3-15-37(16-4-1)43-31-44(38-17-5-2-6-18-38)33-45(32-43)62-63-52(50-34-41-21-9-13-25-48(41)58-56-46-23-11-7-19-39(46)27-29-54(56)65-60(50)58)36-53(64-62)51-35-42-22-10-14-26-49(42)59-57-47-24-12-8-20-40(47)28-30-55(57)66-61(51)59/h1-36H. The van der Waals surface area contributed by atoms with Crippen LogP contribution in [0.2, 0.25) is 0 Å². The highest BCUT2D eigenvalue weighted by atomic mass is 16.3. The second-order valence-corrected chi connectivity index (χ2v) is 17.2. The molecule has 0 amide bonds. The number of nitrogens with zero attached hydrogens (tertiary/aromatic N) is 2. The van der Waals surface area contributed by atoms with E-state index in [4.69, 9.17) is 18.8 Å². The Morgan fingerprint density at radius 3 is 1.11 bits per heavy atom. The van der Waals surface area contributed by atoms with Crippen LogP contribution in [0.15, 0.2) is 227 Å². The number of fused-ring (bicyclic) bond motifs is 14. The van der Waals surface area contributed by atoms with Gasteiger partial charge in [-0.25, -0.2) is 9.97 Å². The minimum absolute atomic E-state index is 0.600. The highest BCUT2D eigenvalue weighted by Gasteiger charge is 2.24. The number of aromatic nitrogens is 2. The second-order valence-electron chi connectivity index (χ2n) is 17.2. The van der Waals surface area contributed by atoms with Gasteiger partial charge in [0.25, 0.3) is 0 Å². The van der Waals surface area contributed by atoms with Crippen molar-refractivity contribution in [1.82, 2.24) is 9.97 Å². The first-order valence-electron chi connectivity index (χ1n) is 22.4. The molecule has 4 heteroatoms. The number of benzene rings is 11. The molecule has 11 aromatic carbocycles. The monoisotopic (exact) mass is 840 g/mol. The fourth-order valence-electron chi connectivity index (χ4n) is 10.4. The first-order chi connectivity index (χ1) is 32.7. The minimum Gasteiger partial charge on any atom is -0.455 e. The molecule has 0 unspecified atom stereocenters. The Morgan fingerprint density at radius 2 is 0.652 bits per heavy atom. The Bertz CT molecular complexity index is 4010. The van der Waals surface area contributed by atoms with E-state index in [0.29, 0.717) is 5.82 Å². The molecule has 0 radical (unpaired) electrons. The molecule has 3 heterocycles. The third-order valence-corrected chi connectivity index (χ3v) is 13.4. The van der Waals surface area contributed by atoms with Gasteiger partial charge >= 0.3 is 0 Å². The van der Waals surface area contributed by atoms with Gasteiger partial charge in [-0.05, 0) is 114 Å². The smallest absolute Gasteiger partial charge is 0.160 e. The van der Waals surface area contributed by atoms with Gasteiger partial charge in [0.2, 0.25) is 0 Å². The van der Waals surface area contributed by atoms with Crippen LogP contribution in [0.4, 0.5) is 0 Å². The molecule has 0 bridgehead atoms. The maximum Gasteiger partial charge on any atom is 0.160 e. The van der Waals surface area contributed by atoms with Gasteiger partial charge in [0, 0.05) is 38.2 Å². The second kappa shape index (κ2) is 14.3. The van der Waals surface area contributed by atoms with Crippen LogP contribution < -0.4 is 0 Å². The molecule has 4 nitrogen and oxygen atoms in total. The van der Waals surface area contributed by atoms with Crippen LogP contribution in [-0.2, 0) is 0 Å². The highest BCUT2D eigenvalue weighted by molar-refractivity contribution is 6.30. The van der Waals surface area contributed by atoms with Gasteiger partial charge in [-0.2, -0.15) is 0 Å². The van der Waals surface area contributed by atoms with E-state index in [1.165, 1.54) is 10.8 Å². The van der Waals surface area contributed by atoms with E-state index < -0.39 is 0 Å². The van der Waals surface area contributed by atoms with Crippen LogP contribution >= 0.6 is 0 Å². The van der Waals surface area contributed by atoms with Crippen molar-refractivity contribution in [2.75, 3.05) is 0 Å². The van der Waals surface area contributed by atoms with Gasteiger partial charge in [0.15, 0.2) is 5.82 Å². The van der Waals surface area contributed by atoms with Gasteiger partial charge in [0.1, 0.15) is 22.3 Å². The van der Waals surface area contributed by atoms with Crippen LogP contribution in [-0.4, -0.2) is 9.97 Å². The summed E-state index contributed by atoms with van der Waals surface area (Å²) in [4.78, 5) is 11.2. The summed E-state index contributed by atoms with van der Waals surface area (Å²) in [7, 11) is 0. The average molecular weight is 841 g/mol. The van der Waals surface area contributed by atoms with Crippen molar-refractivity contribution in [3.63, 3.8) is 0 Å². The fourth-order valence-corrected chi connectivity index (χ4v) is 10.4. The number of furan rings is 2. The molecule has 0 aliphatic heterocycles. The van der Waals surface area contributed by atoms with Gasteiger partial charge in [-0.3, -0.25) is 0 Å². The Morgan fingerprint density at radius 1 is 0.273 bits per heavy atom. The maximum absolute atomic E-state index is 7.03. The lowest BCUT2D eigenvalue weighted by Gasteiger charge is -2.14. The van der Waals surface area contributed by atoms with Crippen LogP contribution in [0.1, 0.15) is 0 Å². The molecule has 3 aromatic heterocycles. The molecule has 14 rings (SSSR count). The molecular formula is C62H36N2O2. The van der Waals surface area contributed by atoms with E-state index in [-0.39, 0.29) is 0 Å². The van der Waals surface area contributed by atoms with Crippen LogP contribution in [0.5, 0.6) is 0 Å². The molecule has 0 saturated carbocycles. The lowest BCUT2D eigenvalue weighted by atomic mass is 9.94. The van der Waals surface area contributed by atoms with Crippen molar-refractivity contribution in [3.8, 4) is 56.2 Å². The van der Waals surface area contributed by atoms with E-state index in [1.807, 2.05) is 0 Å². The summed E-state index contributed by atoms with van der Waals surface area (Å²) < 4.78 is 14.1. The zero-order valence-corrected chi connectivity index (χ0v) is 35.5. The van der Waals surface area contributed by atoms with E-state index in [0.717, 1.165) is 127 Å². The zero-order chi connectivity index (χ0) is 43.3. The van der Waals surface area contributed by atoms with Crippen molar-refractivity contribution >= 4 is 87.0 Å². The zero-order valence-electron chi connectivity index (χ0n) is 35.5. The van der Waals surface area contributed by atoms with Gasteiger partial charge in [-0.15, -0.1) is 0 Å². The van der Waals surface area contributed by atoms with E-state index in [2.05, 4.69) is 218 Å². The van der Waals surface area contributed by atoms with E-state index >= 15 is 0 Å². The molecule has 0 aliphatic carbocycles. The number of rotatable bonds is 5. The minimum atomic E-state index is 0.600. The Hall–Kier alpha value is -8.86. The summed E-state index contributed by atoms with van der Waals surface area (Å²) in [6.07, 6.45) is 0. The summed E-state index contributed by atoms with van der Waals surface area (Å²) in [6, 6.07) is 77.2. The molecule has 306 valence electrons. The first-order valence-corrected chi connectivity index (χ1v) is 22.4. The molecule has 0 saturated heterocycles. The molecule has 66 heavy (non-hydrogen) atoms. The predicted molar refractivity (Wildman–Crippen MR) is 274 cm³/mol. The topological polar surface area (TPSA) is 52.1 Å². The lowest BCUT2D eigenvalue weighted by Crippen LogP contribution is -1.98. The molecule has 14 aromatic rings. The molecular weight excluding hydrogens is 805 g/mol. The van der Waals surface area contributed by atoms with Gasteiger partial charge < -0.3 is 8.83 Å². The SMILES string of the molecule is c1ccc(-c2cc(-c3ccccc3)cc(-c3nc(-c4cc5ccccc5c5c4oc4ccc6ccccc6c45)cc(-c4cc5ccccc5c5c4oc4ccc6ccccc6c45)n3)c2)cc1. The first kappa shape index (κ1) is 36.6. The van der Waals surface area contributed by atoms with Crippen LogP contribution in [0.3, 0.4) is 0 Å². The Kier molecular flexibility index (Phi) is 7.95. The summed E-state index contributed by atoms with van der Waals surface area (Å²) in [5, 5.41) is 13.5. The summed E-state index contributed by atoms with van der Waals surface area (Å²) in [5.41, 5.74) is 11.8. The molecule has 0 N–H and O–H groups in total. The van der Waals surface area contributed by atoms with Crippen LogP contribution in [0, 0.1) is 0 Å². The summed E-state index contributed by atoms with van der Waals surface area (Å²) in [6.45, 7) is 0. The predicted octanol–water partition coefficient (Wildman–Crippen LogP) is 17.2. The van der Waals surface area contributed by atoms with Crippen molar-refractivity contribution in [2.24, 2.45) is 0 Å². The van der Waals surface area contributed by atoms with Crippen molar-refractivity contribution in [3.05, 3.63) is 218 Å². The van der Waals surface area contributed by atoms with Crippen molar-refractivity contribution in [2.45, 2.75) is 0 Å². The fraction of sp³-hybridized carbons (Fsp3) is 0. The molecule has 0 fully saturated rings. The van der Waals surface area contributed by atoms with Gasteiger partial charge in [-0.1, -0.05) is 170 Å². The molecule has 0 aliphatic rings. The average Bonchev–Trinajstić information content (AvgIpc) is 3.99. The normalized spacial score (nSPS) is 11.9.